The smallest absolute Gasteiger partial charge is 0.419 e. The predicted molar refractivity (Wildman–Crippen MR) is 249 cm³/mol. The predicted octanol–water partition coefficient (Wildman–Crippen LogP) is 7.18. The largest absolute Gasteiger partial charge is 0.489 e. The molecular formula is C46H56ClN3O10S2Si. The zero-order valence-electron chi connectivity index (χ0n) is 36.0. The van der Waals surface area contributed by atoms with Gasteiger partial charge >= 0.3 is 5.76 Å². The Morgan fingerprint density at radius 3 is 2.10 bits per heavy atom. The number of oxazole rings is 1. The molecule has 0 spiro atoms. The van der Waals surface area contributed by atoms with Gasteiger partial charge in [-0.25, -0.2) is 17.9 Å². The molecule has 0 radical (unpaired) electrons. The van der Waals surface area contributed by atoms with Gasteiger partial charge in [0.15, 0.2) is 5.76 Å². The highest BCUT2D eigenvalue weighted by atomic mass is 35.5. The fraction of sp³-hybridized carbons (Fsp3) is 0.391. The van der Waals surface area contributed by atoms with Crippen LogP contribution < -0.4 is 15.2 Å². The molecule has 1 saturated heterocycles. The Morgan fingerprint density at radius 2 is 1.48 bits per heavy atom. The maximum Gasteiger partial charge on any atom is 0.419 e. The Morgan fingerprint density at radius 1 is 0.857 bits per heavy atom. The van der Waals surface area contributed by atoms with Crippen molar-refractivity contribution in [3.05, 3.63) is 137 Å². The molecule has 338 valence electrons. The van der Waals surface area contributed by atoms with Crippen molar-refractivity contribution in [2.24, 2.45) is 0 Å². The van der Waals surface area contributed by atoms with Gasteiger partial charge in [0.2, 0.25) is 15.9 Å². The zero-order valence-corrected chi connectivity index (χ0v) is 39.4. The molecule has 1 fully saturated rings. The Kier molecular flexibility index (Phi) is 16.3. The number of sulfonamides is 1. The van der Waals surface area contributed by atoms with Gasteiger partial charge in [0.25, 0.3) is 10.1 Å². The monoisotopic (exact) mass is 937 g/mol. The van der Waals surface area contributed by atoms with Crippen molar-refractivity contribution in [1.29, 1.82) is 0 Å². The molecule has 1 aliphatic heterocycles. The molecule has 1 N–H and O–H groups in total. The van der Waals surface area contributed by atoms with Crippen LogP contribution in [0.3, 0.4) is 0 Å². The molecule has 4 atom stereocenters. The van der Waals surface area contributed by atoms with Crippen molar-refractivity contribution in [3.63, 3.8) is 0 Å². The number of carbonyl (C=O) groups excluding carboxylic acids is 1. The Hall–Kier alpha value is -4.55. The highest BCUT2D eigenvalue weighted by Crippen LogP contribution is 2.32. The summed E-state index contributed by atoms with van der Waals surface area (Å²) in [6.45, 7) is 6.39. The third-order valence-corrected chi connectivity index (χ3v) is 15.1. The number of ether oxygens (including phenoxy) is 2. The first-order valence-corrected chi connectivity index (χ1v) is 28.6. The molecule has 0 aliphatic carbocycles. The van der Waals surface area contributed by atoms with Crippen molar-refractivity contribution in [2.75, 3.05) is 31.8 Å². The summed E-state index contributed by atoms with van der Waals surface area (Å²) >= 11 is 6.67. The van der Waals surface area contributed by atoms with E-state index < -0.39 is 63.4 Å². The number of aromatic nitrogens is 1. The van der Waals surface area contributed by atoms with E-state index in [4.69, 9.17) is 29.7 Å². The summed E-state index contributed by atoms with van der Waals surface area (Å²) in [4.78, 5) is 30.1. The summed E-state index contributed by atoms with van der Waals surface area (Å²) in [6, 6.07) is 34.3. The molecule has 2 heterocycles. The van der Waals surface area contributed by atoms with Crippen molar-refractivity contribution in [1.82, 2.24) is 14.2 Å². The van der Waals surface area contributed by atoms with Gasteiger partial charge in [0.05, 0.1) is 48.9 Å². The summed E-state index contributed by atoms with van der Waals surface area (Å²) in [5.41, 5.74) is 3.84. The van der Waals surface area contributed by atoms with Gasteiger partial charge in [0.1, 0.15) is 24.5 Å². The Bertz CT molecular complexity index is 2540. The SMILES string of the molecule is C[Si](C)(C)CCS(=O)(=O)N[C@@H](CCCn1c(-c2ccccc2)c(-c2ccccc2)oc1=O)C(=O)N1C[C@@H](OS(C)(=O)=O)[C@@H](Cl)COC[C@@H]1Cc1ccc(OCc2ccccc2)cc1. The number of alkyl halides is 1. The lowest BCUT2D eigenvalue weighted by molar-refractivity contribution is -0.140. The van der Waals surface area contributed by atoms with Gasteiger partial charge in [-0.2, -0.15) is 8.42 Å². The first-order chi connectivity index (χ1) is 29.9. The van der Waals surface area contributed by atoms with E-state index in [1.807, 2.05) is 115 Å². The maximum absolute atomic E-state index is 15.1. The Labute approximate surface area is 376 Å². The molecule has 1 aromatic heterocycles. The lowest BCUT2D eigenvalue weighted by Crippen LogP contribution is -2.58. The molecule has 4 aromatic carbocycles. The molecule has 1 amide bonds. The number of amides is 1. The maximum atomic E-state index is 15.1. The van der Waals surface area contributed by atoms with Gasteiger partial charge in [-0.1, -0.05) is 123 Å². The molecule has 0 unspecified atom stereocenters. The van der Waals surface area contributed by atoms with Crippen LogP contribution in [0.5, 0.6) is 5.75 Å². The number of nitrogens with one attached hydrogen (secondary N) is 1. The zero-order chi connectivity index (χ0) is 45.2. The van der Waals surface area contributed by atoms with Crippen molar-refractivity contribution in [2.45, 2.75) is 81.7 Å². The van der Waals surface area contributed by atoms with Gasteiger partial charge < -0.3 is 18.8 Å². The van der Waals surface area contributed by atoms with Gasteiger partial charge in [0, 0.05) is 25.7 Å². The highest BCUT2D eigenvalue weighted by molar-refractivity contribution is 7.89. The summed E-state index contributed by atoms with van der Waals surface area (Å²) in [6.07, 6.45) is 0.131. The van der Waals surface area contributed by atoms with Gasteiger partial charge in [-0.05, 0) is 48.6 Å². The molecular weight excluding hydrogens is 882 g/mol. The second-order valence-corrected chi connectivity index (χ2v) is 26.7. The minimum atomic E-state index is -4.05. The summed E-state index contributed by atoms with van der Waals surface area (Å²) < 4.78 is 80.2. The van der Waals surface area contributed by atoms with E-state index in [2.05, 4.69) is 24.4 Å². The lowest BCUT2D eigenvalue weighted by atomic mass is 10.0. The van der Waals surface area contributed by atoms with Crippen LogP contribution in [0.4, 0.5) is 0 Å². The van der Waals surface area contributed by atoms with E-state index in [1.54, 1.807) is 0 Å². The van der Waals surface area contributed by atoms with Crippen LogP contribution in [0.1, 0.15) is 24.0 Å². The first-order valence-electron chi connectivity index (χ1n) is 21.0. The van der Waals surface area contributed by atoms with Crippen molar-refractivity contribution in [3.8, 4) is 28.3 Å². The Balaban J connectivity index is 1.31. The van der Waals surface area contributed by atoms with Crippen LogP contribution in [0.2, 0.25) is 25.7 Å². The lowest BCUT2D eigenvalue weighted by Gasteiger charge is -2.39. The van der Waals surface area contributed by atoms with Gasteiger partial charge in [-0.15, -0.1) is 11.6 Å². The molecule has 63 heavy (non-hydrogen) atoms. The third kappa shape index (κ3) is 14.2. The average Bonchev–Trinajstić information content (AvgIpc) is 3.58. The van der Waals surface area contributed by atoms with E-state index >= 15 is 4.79 Å². The van der Waals surface area contributed by atoms with E-state index in [0.29, 0.717) is 35.4 Å². The average molecular weight is 939 g/mol. The van der Waals surface area contributed by atoms with E-state index in [9.17, 15) is 21.6 Å². The summed E-state index contributed by atoms with van der Waals surface area (Å²) in [7, 11) is -9.88. The quantitative estimate of drug-likeness (QED) is 0.0510. The molecule has 6 rings (SSSR count). The minimum absolute atomic E-state index is 0.0169. The number of hydrogen-bond donors (Lipinski definition) is 1. The molecule has 0 bridgehead atoms. The number of rotatable bonds is 19. The van der Waals surface area contributed by atoms with Crippen LogP contribution in [-0.2, 0) is 53.4 Å². The number of halogens is 1. The first kappa shape index (κ1) is 47.9. The number of benzene rings is 4. The molecule has 1 aliphatic rings. The molecule has 17 heteroatoms. The third-order valence-electron chi connectivity index (χ3n) is 10.6. The van der Waals surface area contributed by atoms with Crippen LogP contribution in [0.15, 0.2) is 124 Å². The highest BCUT2D eigenvalue weighted by Gasteiger charge is 2.39. The van der Waals surface area contributed by atoms with Crippen molar-refractivity contribution >= 4 is 45.7 Å². The normalized spacial score (nSPS) is 18.0. The van der Waals surface area contributed by atoms with Crippen LogP contribution in [-0.4, -0.2) is 95.6 Å². The number of hydrogen-bond acceptors (Lipinski definition) is 10. The number of nitrogens with zero attached hydrogens (tertiary/aromatic N) is 2. The fourth-order valence-corrected chi connectivity index (χ4v) is 12.6. The molecule has 0 saturated carbocycles. The fourth-order valence-electron chi connectivity index (χ4n) is 7.34. The second-order valence-electron chi connectivity index (χ2n) is 17.0. The van der Waals surface area contributed by atoms with Crippen LogP contribution in [0.25, 0.3) is 22.6 Å². The summed E-state index contributed by atoms with van der Waals surface area (Å²) in [5.74, 6) is -0.354. The van der Waals surface area contributed by atoms with E-state index in [0.717, 1.165) is 22.9 Å². The minimum Gasteiger partial charge on any atom is -0.489 e. The molecule has 5 aromatic rings. The van der Waals surface area contributed by atoms with E-state index in [-0.39, 0.29) is 51.3 Å². The molecule has 13 nitrogen and oxygen atoms in total. The standard InChI is InChI=1S/C46H56ClN3O10S2Si/c1-61(53,54)60-42-30-50(38(32-57-33-40(42)47)29-34-22-24-39(25-23-34)58-31-35-15-8-5-9-16-35)45(51)41(48-62(55,56)27-28-63(2,3)4)21-14-26-49-43(36-17-10-6-11-18-36)44(59-46(49)52)37-19-12-7-13-20-37/h5-13,15-20,22-25,38,40-42,48H,14,21,26-33H2,1-4H3/t38-,40-,41-,42+/m0/s1. The van der Waals surface area contributed by atoms with Gasteiger partial charge in [-0.3, -0.25) is 13.5 Å². The van der Waals surface area contributed by atoms with E-state index in [1.165, 1.54) is 9.47 Å². The van der Waals surface area contributed by atoms with Crippen molar-refractivity contribution < 1.29 is 39.7 Å². The van der Waals surface area contributed by atoms with Crippen LogP contribution in [0, 0.1) is 0 Å². The summed E-state index contributed by atoms with van der Waals surface area (Å²) in [5, 5.41) is -0.952. The second kappa shape index (κ2) is 21.4. The van der Waals surface area contributed by atoms with Crippen LogP contribution >= 0.6 is 11.6 Å². The number of carbonyl (C=O) groups is 1. The topological polar surface area (TPSA) is 163 Å².